The molecule has 11 unspecified atom stereocenters. The average Bonchev–Trinajstić information content (AvgIpc) is 3.67. The minimum absolute atomic E-state index is 0.0424. The lowest BCUT2D eigenvalue weighted by atomic mass is 9.82. The number of aliphatic hydroxyl groups is 1. The Bertz CT molecular complexity index is 1220. The van der Waals surface area contributed by atoms with Crippen molar-refractivity contribution in [3.63, 3.8) is 0 Å². The SMILES string of the molecule is CC(C=CC(=O)C1C(=O)C(CCC(=O)O)N(C2CCC(O)C(C)O2)C1=O)=CC(C)C1OC2(C)OC(C=CC23CO3)C1C. The zero-order chi connectivity index (χ0) is 30.6. The second kappa shape index (κ2) is 11.4. The van der Waals surface area contributed by atoms with E-state index < -0.39 is 65.2 Å². The Balaban J connectivity index is 1.28. The van der Waals surface area contributed by atoms with E-state index in [0.29, 0.717) is 13.0 Å². The number of nitrogens with zero attached hydrogens (tertiary/aromatic N) is 1. The number of likely N-dealkylation sites (tertiary alicyclic amines) is 1. The van der Waals surface area contributed by atoms with Crippen molar-refractivity contribution in [2.45, 2.75) is 108 Å². The van der Waals surface area contributed by atoms with Gasteiger partial charge in [-0.3, -0.25) is 19.2 Å². The number of hydrogen-bond donors (Lipinski definition) is 2. The van der Waals surface area contributed by atoms with Gasteiger partial charge in [0.2, 0.25) is 11.7 Å². The van der Waals surface area contributed by atoms with Crippen molar-refractivity contribution >= 4 is 23.4 Å². The van der Waals surface area contributed by atoms with Crippen molar-refractivity contribution in [3.8, 4) is 0 Å². The topological polar surface area (TPSA) is 152 Å². The molecular weight excluding hydrogens is 546 g/mol. The van der Waals surface area contributed by atoms with Crippen molar-refractivity contribution in [3.05, 3.63) is 36.0 Å². The molecule has 0 aromatic rings. The highest BCUT2D eigenvalue weighted by atomic mass is 16.8. The molecule has 5 aliphatic rings. The molecular formula is C31H41NO10. The van der Waals surface area contributed by atoms with Crippen molar-refractivity contribution < 1.29 is 48.3 Å². The predicted octanol–water partition coefficient (Wildman–Crippen LogP) is 2.32. The van der Waals surface area contributed by atoms with Crippen LogP contribution in [0, 0.1) is 17.8 Å². The first-order chi connectivity index (χ1) is 19.8. The number of ether oxygens (including phenoxy) is 4. The summed E-state index contributed by atoms with van der Waals surface area (Å²) in [4.78, 5) is 52.5. The molecule has 0 saturated carbocycles. The number of Topliss-reactive ketones (excluding diaryl/α,β-unsaturated/α-hetero) is 1. The lowest BCUT2D eigenvalue weighted by Crippen LogP contribution is -2.61. The van der Waals surface area contributed by atoms with Gasteiger partial charge in [-0.05, 0) is 52.2 Å². The predicted molar refractivity (Wildman–Crippen MR) is 148 cm³/mol. The Labute approximate surface area is 245 Å². The number of allylic oxidation sites excluding steroid dienone is 3. The molecule has 1 amide bonds. The second-order valence-corrected chi connectivity index (χ2v) is 12.5. The van der Waals surface area contributed by atoms with Crippen LogP contribution in [0.1, 0.15) is 60.3 Å². The van der Waals surface area contributed by atoms with Crippen LogP contribution >= 0.6 is 0 Å². The van der Waals surface area contributed by atoms with Gasteiger partial charge >= 0.3 is 5.97 Å². The average molecular weight is 588 g/mol. The third-order valence-electron chi connectivity index (χ3n) is 9.39. The molecule has 11 nitrogen and oxygen atoms in total. The van der Waals surface area contributed by atoms with Gasteiger partial charge in [0.25, 0.3) is 0 Å². The van der Waals surface area contributed by atoms with Gasteiger partial charge in [0.05, 0.1) is 37.1 Å². The Morgan fingerprint density at radius 1 is 1.19 bits per heavy atom. The number of amides is 1. The number of carboxylic acids is 1. The maximum absolute atomic E-state index is 13.4. The number of carboxylic acid groups (broad SMARTS) is 1. The summed E-state index contributed by atoms with van der Waals surface area (Å²) >= 11 is 0. The van der Waals surface area contributed by atoms with Crippen molar-refractivity contribution in [2.75, 3.05) is 6.61 Å². The number of ketones is 2. The molecule has 4 saturated heterocycles. The highest BCUT2D eigenvalue weighted by Crippen LogP contribution is 2.52. The number of fused-ring (bicyclic) bond motifs is 3. The van der Waals surface area contributed by atoms with Crippen LogP contribution in [-0.4, -0.2) is 93.2 Å². The minimum atomic E-state index is -1.56. The number of carbonyl (C=O) groups excluding carboxylic acids is 3. The highest BCUT2D eigenvalue weighted by Gasteiger charge is 2.66. The van der Waals surface area contributed by atoms with Crippen LogP contribution in [0.4, 0.5) is 0 Å². The minimum Gasteiger partial charge on any atom is -0.481 e. The Hall–Kier alpha value is -2.70. The van der Waals surface area contributed by atoms with Crippen LogP contribution in [0.2, 0.25) is 0 Å². The Morgan fingerprint density at radius 3 is 2.55 bits per heavy atom. The largest absolute Gasteiger partial charge is 0.481 e. The maximum atomic E-state index is 13.4. The van der Waals surface area contributed by atoms with E-state index in [-0.39, 0.29) is 43.3 Å². The van der Waals surface area contributed by atoms with Crippen LogP contribution in [-0.2, 0) is 38.1 Å². The van der Waals surface area contributed by atoms with Gasteiger partial charge in [0.1, 0.15) is 6.23 Å². The van der Waals surface area contributed by atoms with Crippen molar-refractivity contribution in [1.29, 1.82) is 0 Å². The smallest absolute Gasteiger partial charge is 0.303 e. The van der Waals surface area contributed by atoms with E-state index in [1.54, 1.807) is 13.0 Å². The Kier molecular flexibility index (Phi) is 8.36. The fourth-order valence-corrected chi connectivity index (χ4v) is 6.72. The van der Waals surface area contributed by atoms with E-state index in [1.807, 2.05) is 39.0 Å². The molecule has 42 heavy (non-hydrogen) atoms. The van der Waals surface area contributed by atoms with Crippen LogP contribution < -0.4 is 0 Å². The van der Waals surface area contributed by atoms with E-state index in [1.165, 1.54) is 11.0 Å². The van der Waals surface area contributed by atoms with Crippen LogP contribution in [0.15, 0.2) is 36.0 Å². The molecule has 0 radical (unpaired) electrons. The number of rotatable bonds is 9. The van der Waals surface area contributed by atoms with E-state index in [0.717, 1.165) is 5.57 Å². The summed E-state index contributed by atoms with van der Waals surface area (Å²) in [6.45, 7) is 10.1. The lowest BCUT2D eigenvalue weighted by Gasteiger charge is -2.51. The third kappa shape index (κ3) is 5.53. The fourth-order valence-electron chi connectivity index (χ4n) is 6.72. The van der Waals surface area contributed by atoms with Gasteiger partial charge in [0.15, 0.2) is 23.1 Å². The number of epoxide rings is 1. The van der Waals surface area contributed by atoms with Gasteiger partial charge in [-0.2, -0.15) is 0 Å². The van der Waals surface area contributed by atoms with Gasteiger partial charge < -0.3 is 34.1 Å². The van der Waals surface area contributed by atoms with Gasteiger partial charge in [0, 0.05) is 18.3 Å². The quantitative estimate of drug-likeness (QED) is 0.135. The molecule has 4 fully saturated rings. The van der Waals surface area contributed by atoms with Crippen molar-refractivity contribution in [2.24, 2.45) is 17.8 Å². The standard InChI is InChI=1S/C31H41NO10/c1-16(14-17(2)28-18(3)23-12-13-31(15-39-31)30(5,41-23)42-28)6-8-22(34)26-27(37)20(7-11-25(35)36)32(29(26)38)24-10-9-21(33)19(4)40-24/h6,8,12-14,17-21,23-24,26,28,33H,7,9-11,15H2,1-5H3,(H,35,36). The molecule has 5 heterocycles. The van der Waals surface area contributed by atoms with Gasteiger partial charge in [-0.1, -0.05) is 37.6 Å². The lowest BCUT2D eigenvalue weighted by molar-refractivity contribution is -0.346. The van der Waals surface area contributed by atoms with Gasteiger partial charge in [-0.25, -0.2) is 0 Å². The molecule has 230 valence electrons. The fraction of sp³-hybridized carbons (Fsp3) is 0.677. The molecule has 1 spiro atoms. The monoisotopic (exact) mass is 587 g/mol. The van der Waals surface area contributed by atoms with Crippen LogP contribution in [0.3, 0.4) is 0 Å². The highest BCUT2D eigenvalue weighted by molar-refractivity contribution is 6.26. The first kappa shape index (κ1) is 30.7. The van der Waals surface area contributed by atoms with Crippen LogP contribution in [0.25, 0.3) is 0 Å². The van der Waals surface area contributed by atoms with E-state index >= 15 is 0 Å². The molecule has 5 aliphatic heterocycles. The first-order valence-corrected chi connectivity index (χ1v) is 14.8. The molecule has 0 aromatic carbocycles. The summed E-state index contributed by atoms with van der Waals surface area (Å²) in [5.41, 5.74) is 0.209. The second-order valence-electron chi connectivity index (χ2n) is 12.5. The molecule has 0 aromatic heterocycles. The van der Waals surface area contributed by atoms with E-state index in [2.05, 4.69) is 6.92 Å². The van der Waals surface area contributed by atoms with Crippen LogP contribution in [0.5, 0.6) is 0 Å². The summed E-state index contributed by atoms with van der Waals surface area (Å²) in [6, 6.07) is -1.08. The van der Waals surface area contributed by atoms with E-state index in [4.69, 9.17) is 18.9 Å². The number of hydrogen-bond acceptors (Lipinski definition) is 9. The molecule has 2 N–H and O–H groups in total. The molecule has 11 heteroatoms. The summed E-state index contributed by atoms with van der Waals surface area (Å²) in [5, 5.41) is 19.2. The molecule has 0 aliphatic carbocycles. The summed E-state index contributed by atoms with van der Waals surface area (Å²) in [6.07, 6.45) is 6.71. The zero-order valence-corrected chi connectivity index (χ0v) is 24.7. The number of carbonyl (C=O) groups is 4. The summed E-state index contributed by atoms with van der Waals surface area (Å²) in [7, 11) is 0. The van der Waals surface area contributed by atoms with Gasteiger partial charge in [-0.15, -0.1) is 0 Å². The summed E-state index contributed by atoms with van der Waals surface area (Å²) < 4.78 is 24.2. The Morgan fingerprint density at radius 2 is 1.90 bits per heavy atom. The third-order valence-corrected chi connectivity index (χ3v) is 9.39. The number of aliphatic hydroxyl groups excluding tert-OH is 1. The summed E-state index contributed by atoms with van der Waals surface area (Å²) in [5.74, 6) is -5.49. The molecule has 2 bridgehead atoms. The van der Waals surface area contributed by atoms with Crippen molar-refractivity contribution in [1.82, 2.24) is 4.90 Å². The maximum Gasteiger partial charge on any atom is 0.303 e. The number of aliphatic carboxylic acids is 1. The van der Waals surface area contributed by atoms with E-state index in [9.17, 15) is 29.4 Å². The normalized spacial score (nSPS) is 42.4. The first-order valence-electron chi connectivity index (χ1n) is 14.8. The molecule has 5 rings (SSSR count). The molecule has 11 atom stereocenters. The zero-order valence-electron chi connectivity index (χ0n) is 24.7.